The molecule has 1 atom stereocenters. The zero-order valence-corrected chi connectivity index (χ0v) is 16.7. The van der Waals surface area contributed by atoms with Gasteiger partial charge in [-0.05, 0) is 33.2 Å². The molecule has 1 aromatic heterocycles. The highest BCUT2D eigenvalue weighted by Gasteiger charge is 2.18. The molecule has 1 unspecified atom stereocenters. The number of rotatable bonds is 4. The minimum atomic E-state index is 0.112. The number of nitrogens with zero attached hydrogens (tertiary/aromatic N) is 2. The number of hydrogen-bond donors (Lipinski definition) is 0. The maximum absolute atomic E-state index is 4.28. The third-order valence-electron chi connectivity index (χ3n) is 5.25. The maximum atomic E-state index is 4.28. The van der Waals surface area contributed by atoms with Crippen molar-refractivity contribution >= 4 is 0 Å². The predicted octanol–water partition coefficient (Wildman–Crippen LogP) is 6.49. The largest absolute Gasteiger partial charge is 0.326 e. The van der Waals surface area contributed by atoms with Gasteiger partial charge in [-0.2, -0.15) is 0 Å². The number of imidazole rings is 1. The van der Waals surface area contributed by atoms with E-state index in [2.05, 4.69) is 103 Å². The lowest BCUT2D eigenvalue weighted by Gasteiger charge is -2.23. The lowest BCUT2D eigenvalue weighted by Crippen LogP contribution is -2.13. The highest BCUT2D eigenvalue weighted by atomic mass is 15.0. The predicted molar refractivity (Wildman–Crippen MR) is 116 cm³/mol. The first-order valence-electron chi connectivity index (χ1n) is 9.76. The van der Waals surface area contributed by atoms with Gasteiger partial charge >= 0.3 is 0 Å². The molecule has 0 saturated carbocycles. The van der Waals surface area contributed by atoms with E-state index in [1.165, 1.54) is 27.8 Å². The second-order valence-electron chi connectivity index (χ2n) is 8.27. The van der Waals surface area contributed by atoms with Gasteiger partial charge in [0.2, 0.25) is 0 Å². The lowest BCUT2D eigenvalue weighted by atomic mass is 9.85. The Labute approximate surface area is 167 Å². The van der Waals surface area contributed by atoms with Crippen LogP contribution in [0.15, 0.2) is 97.6 Å². The minimum Gasteiger partial charge on any atom is -0.326 e. The summed E-state index contributed by atoms with van der Waals surface area (Å²) < 4.78 is 2.17. The molecular weight excluding hydrogens is 340 g/mol. The second kappa shape index (κ2) is 7.47. The van der Waals surface area contributed by atoms with Crippen LogP contribution in [0.3, 0.4) is 0 Å². The standard InChI is InChI=1S/C26H26N2/c1-26(2,3)24-15-13-23(14-16-24)25(28-18-17-27-19-28)22-11-9-21(10-12-22)20-7-5-4-6-8-20/h4-19,25H,1-3H3. The fraction of sp³-hybridized carbons (Fsp3) is 0.192. The average molecular weight is 367 g/mol. The first kappa shape index (κ1) is 18.2. The molecule has 0 fully saturated rings. The molecule has 4 rings (SSSR count). The molecule has 140 valence electrons. The topological polar surface area (TPSA) is 17.8 Å². The van der Waals surface area contributed by atoms with Gasteiger partial charge in [-0.1, -0.05) is 99.6 Å². The molecule has 4 aromatic rings. The highest BCUT2D eigenvalue weighted by Crippen LogP contribution is 2.31. The van der Waals surface area contributed by atoms with Gasteiger partial charge in [0.15, 0.2) is 0 Å². The van der Waals surface area contributed by atoms with E-state index in [0.717, 1.165) is 0 Å². The highest BCUT2D eigenvalue weighted by molar-refractivity contribution is 5.63. The molecule has 0 N–H and O–H groups in total. The Balaban J connectivity index is 1.71. The quantitative estimate of drug-likeness (QED) is 0.404. The molecule has 28 heavy (non-hydrogen) atoms. The summed E-state index contributed by atoms with van der Waals surface area (Å²) in [6.07, 6.45) is 5.77. The number of benzene rings is 3. The summed E-state index contributed by atoms with van der Waals surface area (Å²) in [4.78, 5) is 4.28. The molecule has 0 aliphatic rings. The SMILES string of the molecule is CC(C)(C)c1ccc(C(c2ccc(-c3ccccc3)cc2)n2ccnc2)cc1. The average Bonchev–Trinajstić information content (AvgIpc) is 3.23. The summed E-state index contributed by atoms with van der Waals surface area (Å²) in [6.45, 7) is 6.74. The van der Waals surface area contributed by atoms with Crippen LogP contribution in [0.2, 0.25) is 0 Å². The van der Waals surface area contributed by atoms with Crippen LogP contribution in [0.4, 0.5) is 0 Å². The van der Waals surface area contributed by atoms with Crippen molar-refractivity contribution in [3.05, 3.63) is 114 Å². The fourth-order valence-corrected chi connectivity index (χ4v) is 3.61. The van der Waals surface area contributed by atoms with E-state index in [1.54, 1.807) is 0 Å². The Morgan fingerprint density at radius 1 is 0.714 bits per heavy atom. The Hall–Kier alpha value is -3.13. The minimum absolute atomic E-state index is 0.112. The van der Waals surface area contributed by atoms with E-state index in [1.807, 2.05) is 24.8 Å². The van der Waals surface area contributed by atoms with Crippen molar-refractivity contribution in [2.75, 3.05) is 0 Å². The summed E-state index contributed by atoms with van der Waals surface area (Å²) >= 11 is 0. The Kier molecular flexibility index (Phi) is 4.87. The smallest absolute Gasteiger partial charge is 0.0954 e. The van der Waals surface area contributed by atoms with Gasteiger partial charge in [0.25, 0.3) is 0 Å². The molecule has 0 bridgehead atoms. The van der Waals surface area contributed by atoms with Gasteiger partial charge in [0.05, 0.1) is 12.4 Å². The van der Waals surface area contributed by atoms with E-state index in [-0.39, 0.29) is 11.5 Å². The van der Waals surface area contributed by atoms with Gasteiger partial charge in [-0.25, -0.2) is 4.98 Å². The molecule has 1 heterocycles. The fourth-order valence-electron chi connectivity index (χ4n) is 3.61. The van der Waals surface area contributed by atoms with Gasteiger partial charge in [-0.3, -0.25) is 0 Å². The molecule has 0 amide bonds. The van der Waals surface area contributed by atoms with Gasteiger partial charge in [-0.15, -0.1) is 0 Å². The first-order valence-corrected chi connectivity index (χ1v) is 9.76. The molecule has 2 nitrogen and oxygen atoms in total. The molecule has 0 saturated heterocycles. The van der Waals surface area contributed by atoms with Crippen LogP contribution in [0, 0.1) is 0 Å². The zero-order valence-electron chi connectivity index (χ0n) is 16.7. The lowest BCUT2D eigenvalue weighted by molar-refractivity contribution is 0.589. The maximum Gasteiger partial charge on any atom is 0.0954 e. The van der Waals surface area contributed by atoms with Crippen molar-refractivity contribution < 1.29 is 0 Å². The Morgan fingerprint density at radius 3 is 1.82 bits per heavy atom. The van der Waals surface area contributed by atoms with Crippen LogP contribution >= 0.6 is 0 Å². The van der Waals surface area contributed by atoms with E-state index in [0.29, 0.717) is 0 Å². The van der Waals surface area contributed by atoms with Crippen molar-refractivity contribution in [2.45, 2.75) is 32.2 Å². The first-order chi connectivity index (χ1) is 13.5. The summed E-state index contributed by atoms with van der Waals surface area (Å²) in [5, 5.41) is 0. The third-order valence-corrected chi connectivity index (χ3v) is 5.25. The van der Waals surface area contributed by atoms with Crippen LogP contribution in [-0.4, -0.2) is 9.55 Å². The number of aromatic nitrogens is 2. The van der Waals surface area contributed by atoms with Crippen molar-refractivity contribution in [1.82, 2.24) is 9.55 Å². The molecule has 0 aliphatic heterocycles. The monoisotopic (exact) mass is 366 g/mol. The Bertz CT molecular complexity index is 1010. The van der Waals surface area contributed by atoms with Crippen molar-refractivity contribution in [3.8, 4) is 11.1 Å². The molecule has 3 aromatic carbocycles. The summed E-state index contributed by atoms with van der Waals surface area (Å²) in [7, 11) is 0. The third kappa shape index (κ3) is 3.77. The zero-order chi connectivity index (χ0) is 19.6. The van der Waals surface area contributed by atoms with Crippen LogP contribution in [0.5, 0.6) is 0 Å². The second-order valence-corrected chi connectivity index (χ2v) is 8.27. The van der Waals surface area contributed by atoms with Crippen LogP contribution < -0.4 is 0 Å². The molecule has 0 spiro atoms. The molecule has 0 aliphatic carbocycles. The molecular formula is C26H26N2. The Morgan fingerprint density at radius 2 is 1.29 bits per heavy atom. The van der Waals surface area contributed by atoms with Crippen molar-refractivity contribution in [1.29, 1.82) is 0 Å². The van der Waals surface area contributed by atoms with Crippen LogP contribution in [0.1, 0.15) is 43.5 Å². The summed E-state index contributed by atoms with van der Waals surface area (Å²) in [6, 6.07) is 28.5. The number of hydrogen-bond acceptors (Lipinski definition) is 1. The van der Waals surface area contributed by atoms with Gasteiger partial charge in [0, 0.05) is 12.4 Å². The molecule has 0 radical (unpaired) electrons. The van der Waals surface area contributed by atoms with Crippen LogP contribution in [-0.2, 0) is 5.41 Å². The van der Waals surface area contributed by atoms with Crippen molar-refractivity contribution in [2.24, 2.45) is 0 Å². The van der Waals surface area contributed by atoms with Crippen molar-refractivity contribution in [3.63, 3.8) is 0 Å². The summed E-state index contributed by atoms with van der Waals surface area (Å²) in [5.74, 6) is 0. The van der Waals surface area contributed by atoms with E-state index >= 15 is 0 Å². The molecule has 2 heteroatoms. The van der Waals surface area contributed by atoms with E-state index in [4.69, 9.17) is 0 Å². The van der Waals surface area contributed by atoms with E-state index < -0.39 is 0 Å². The van der Waals surface area contributed by atoms with E-state index in [9.17, 15) is 0 Å². The van der Waals surface area contributed by atoms with Gasteiger partial charge in [0.1, 0.15) is 0 Å². The van der Waals surface area contributed by atoms with Gasteiger partial charge < -0.3 is 4.57 Å². The summed E-state index contributed by atoms with van der Waals surface area (Å²) in [5.41, 5.74) is 6.49. The normalized spacial score (nSPS) is 12.7. The van der Waals surface area contributed by atoms with Crippen LogP contribution in [0.25, 0.3) is 11.1 Å².